The van der Waals surface area contributed by atoms with Gasteiger partial charge in [-0.3, -0.25) is 0 Å². The number of rotatable bonds is 4. The molecular weight excluding hydrogens is 212 g/mol. The van der Waals surface area contributed by atoms with Gasteiger partial charge < -0.3 is 10.2 Å². The van der Waals surface area contributed by atoms with Crippen molar-refractivity contribution in [3.8, 4) is 0 Å². The third-order valence-corrected chi connectivity index (χ3v) is 3.80. The second-order valence-electron chi connectivity index (χ2n) is 5.65. The lowest BCUT2D eigenvalue weighted by Crippen LogP contribution is -2.34. The summed E-state index contributed by atoms with van der Waals surface area (Å²) in [6, 6.07) is 0. The van der Waals surface area contributed by atoms with Crippen LogP contribution in [0.15, 0.2) is 23.3 Å². The minimum atomic E-state index is -0.389. The Balaban J connectivity index is 2.52. The number of hydrogen-bond donors (Lipinski definition) is 2. The third-order valence-electron chi connectivity index (χ3n) is 3.80. The molecule has 4 atom stereocenters. The van der Waals surface area contributed by atoms with Crippen LogP contribution >= 0.6 is 0 Å². The summed E-state index contributed by atoms with van der Waals surface area (Å²) in [7, 11) is 0. The molecule has 0 fully saturated rings. The van der Waals surface area contributed by atoms with E-state index < -0.39 is 0 Å². The average molecular weight is 238 g/mol. The molecule has 1 aliphatic rings. The fourth-order valence-electron chi connectivity index (χ4n) is 2.51. The van der Waals surface area contributed by atoms with Gasteiger partial charge in [-0.15, -0.1) is 0 Å². The van der Waals surface area contributed by atoms with Crippen molar-refractivity contribution >= 4 is 0 Å². The summed E-state index contributed by atoms with van der Waals surface area (Å²) in [6.07, 6.45) is 6.13. The maximum absolute atomic E-state index is 10.0. The summed E-state index contributed by atoms with van der Waals surface area (Å²) >= 11 is 0. The van der Waals surface area contributed by atoms with Crippen LogP contribution in [0.4, 0.5) is 0 Å². The van der Waals surface area contributed by atoms with Crippen LogP contribution in [0.1, 0.15) is 47.0 Å². The van der Waals surface area contributed by atoms with Gasteiger partial charge in [-0.1, -0.05) is 24.6 Å². The normalized spacial score (nSPS) is 30.7. The van der Waals surface area contributed by atoms with E-state index in [1.807, 2.05) is 13.0 Å². The van der Waals surface area contributed by atoms with Gasteiger partial charge in [0.05, 0.1) is 12.2 Å². The first kappa shape index (κ1) is 14.5. The molecule has 98 valence electrons. The molecular formula is C15H26O2. The SMILES string of the molecule is CC(C)=CCC[C@H](C)[C@@H]1C[C@@H](O)C(C)=C[C@H]1O. The molecule has 2 N–H and O–H groups in total. The maximum Gasteiger partial charge on any atom is 0.0756 e. The molecule has 0 aromatic rings. The molecule has 17 heavy (non-hydrogen) atoms. The van der Waals surface area contributed by atoms with Gasteiger partial charge in [0, 0.05) is 0 Å². The van der Waals surface area contributed by atoms with Crippen molar-refractivity contribution in [1.29, 1.82) is 0 Å². The van der Waals surface area contributed by atoms with E-state index in [1.165, 1.54) is 5.57 Å². The second kappa shape index (κ2) is 6.36. The minimum Gasteiger partial charge on any atom is -0.389 e. The van der Waals surface area contributed by atoms with Crippen molar-refractivity contribution in [1.82, 2.24) is 0 Å². The quantitative estimate of drug-likeness (QED) is 0.739. The second-order valence-corrected chi connectivity index (χ2v) is 5.65. The lowest BCUT2D eigenvalue weighted by molar-refractivity contribution is 0.0543. The van der Waals surface area contributed by atoms with Crippen LogP contribution in [-0.4, -0.2) is 22.4 Å². The number of allylic oxidation sites excluding steroid dienone is 2. The van der Waals surface area contributed by atoms with Crippen molar-refractivity contribution in [3.05, 3.63) is 23.3 Å². The van der Waals surface area contributed by atoms with Gasteiger partial charge in [-0.05, 0) is 57.4 Å². The number of hydrogen-bond acceptors (Lipinski definition) is 2. The van der Waals surface area contributed by atoms with E-state index in [-0.39, 0.29) is 18.1 Å². The molecule has 0 radical (unpaired) electrons. The predicted molar refractivity (Wildman–Crippen MR) is 71.7 cm³/mol. The largest absolute Gasteiger partial charge is 0.389 e. The van der Waals surface area contributed by atoms with Crippen molar-refractivity contribution in [2.75, 3.05) is 0 Å². The zero-order valence-electron chi connectivity index (χ0n) is 11.5. The molecule has 0 saturated heterocycles. The van der Waals surface area contributed by atoms with E-state index in [9.17, 15) is 10.2 Å². The molecule has 0 aromatic carbocycles. The lowest BCUT2D eigenvalue weighted by atomic mass is 9.77. The Morgan fingerprint density at radius 1 is 1.47 bits per heavy atom. The van der Waals surface area contributed by atoms with Crippen LogP contribution in [0.2, 0.25) is 0 Å². The third kappa shape index (κ3) is 4.29. The highest BCUT2D eigenvalue weighted by molar-refractivity contribution is 5.13. The van der Waals surface area contributed by atoms with Gasteiger partial charge in [-0.2, -0.15) is 0 Å². The molecule has 0 aliphatic heterocycles. The van der Waals surface area contributed by atoms with Gasteiger partial charge >= 0.3 is 0 Å². The molecule has 0 aromatic heterocycles. The Morgan fingerprint density at radius 2 is 2.12 bits per heavy atom. The Bertz CT molecular complexity index is 300. The molecule has 0 unspecified atom stereocenters. The number of aliphatic hydroxyl groups excluding tert-OH is 2. The average Bonchev–Trinajstić information content (AvgIpc) is 2.22. The van der Waals surface area contributed by atoms with Gasteiger partial charge in [-0.25, -0.2) is 0 Å². The summed E-state index contributed by atoms with van der Waals surface area (Å²) in [4.78, 5) is 0. The molecule has 0 amide bonds. The Labute approximate surface area is 105 Å². The Kier molecular flexibility index (Phi) is 5.41. The fraction of sp³-hybridized carbons (Fsp3) is 0.733. The molecule has 0 saturated carbocycles. The van der Waals surface area contributed by atoms with Crippen LogP contribution in [0.3, 0.4) is 0 Å². The van der Waals surface area contributed by atoms with E-state index in [0.717, 1.165) is 18.4 Å². The molecule has 0 heterocycles. The highest BCUT2D eigenvalue weighted by Gasteiger charge is 2.30. The van der Waals surface area contributed by atoms with Crippen molar-refractivity contribution in [3.63, 3.8) is 0 Å². The maximum atomic E-state index is 10.0. The summed E-state index contributed by atoms with van der Waals surface area (Å²) < 4.78 is 0. The zero-order chi connectivity index (χ0) is 13.0. The van der Waals surface area contributed by atoms with E-state index in [4.69, 9.17) is 0 Å². The lowest BCUT2D eigenvalue weighted by Gasteiger charge is -2.33. The molecule has 1 rings (SSSR count). The monoisotopic (exact) mass is 238 g/mol. The van der Waals surface area contributed by atoms with Crippen LogP contribution in [0, 0.1) is 11.8 Å². The molecule has 2 heteroatoms. The highest BCUT2D eigenvalue weighted by atomic mass is 16.3. The Hall–Kier alpha value is -0.600. The van der Waals surface area contributed by atoms with Gasteiger partial charge in [0.1, 0.15) is 0 Å². The summed E-state index contributed by atoms with van der Waals surface area (Å²) in [5, 5.41) is 19.9. The van der Waals surface area contributed by atoms with Crippen molar-refractivity contribution in [2.24, 2.45) is 11.8 Å². The van der Waals surface area contributed by atoms with Crippen LogP contribution in [-0.2, 0) is 0 Å². The predicted octanol–water partition coefficient (Wildman–Crippen LogP) is 3.06. The smallest absolute Gasteiger partial charge is 0.0756 e. The highest BCUT2D eigenvalue weighted by Crippen LogP contribution is 2.32. The first-order valence-corrected chi connectivity index (χ1v) is 6.59. The van der Waals surface area contributed by atoms with Crippen LogP contribution in [0.25, 0.3) is 0 Å². The van der Waals surface area contributed by atoms with Crippen LogP contribution < -0.4 is 0 Å². The minimum absolute atomic E-state index is 0.194. The molecule has 0 spiro atoms. The first-order valence-electron chi connectivity index (χ1n) is 6.59. The van der Waals surface area contributed by atoms with Gasteiger partial charge in [0.15, 0.2) is 0 Å². The molecule has 2 nitrogen and oxygen atoms in total. The van der Waals surface area contributed by atoms with E-state index in [1.54, 1.807) is 0 Å². The zero-order valence-corrected chi connectivity index (χ0v) is 11.5. The Morgan fingerprint density at radius 3 is 2.71 bits per heavy atom. The summed E-state index contributed by atoms with van der Waals surface area (Å²) in [5.41, 5.74) is 2.25. The fourth-order valence-corrected chi connectivity index (χ4v) is 2.51. The standard InChI is InChI=1S/C15H26O2/c1-10(2)6-5-7-11(3)13-9-14(16)12(4)8-15(13)17/h6,8,11,13-17H,5,7,9H2,1-4H3/t11-,13-,14+,15+/m0/s1. The van der Waals surface area contributed by atoms with Crippen LogP contribution in [0.5, 0.6) is 0 Å². The van der Waals surface area contributed by atoms with E-state index in [0.29, 0.717) is 12.3 Å². The van der Waals surface area contributed by atoms with Crippen molar-refractivity contribution < 1.29 is 10.2 Å². The molecule has 0 bridgehead atoms. The first-order chi connectivity index (χ1) is 7.91. The number of aliphatic hydroxyl groups is 2. The van der Waals surface area contributed by atoms with Gasteiger partial charge in [0.2, 0.25) is 0 Å². The van der Waals surface area contributed by atoms with Gasteiger partial charge in [0.25, 0.3) is 0 Å². The topological polar surface area (TPSA) is 40.5 Å². The van der Waals surface area contributed by atoms with Crippen molar-refractivity contribution in [2.45, 2.75) is 59.2 Å². The summed E-state index contributed by atoms with van der Waals surface area (Å²) in [5.74, 6) is 0.638. The molecule has 1 aliphatic carbocycles. The van der Waals surface area contributed by atoms with E-state index in [2.05, 4.69) is 26.8 Å². The van der Waals surface area contributed by atoms with E-state index >= 15 is 0 Å². The summed E-state index contributed by atoms with van der Waals surface area (Å²) in [6.45, 7) is 8.28.